The van der Waals surface area contributed by atoms with Gasteiger partial charge in [-0.3, -0.25) is 9.59 Å². The molecule has 24 heavy (non-hydrogen) atoms. The molecular formula is C17H19N3O2S2. The van der Waals surface area contributed by atoms with E-state index in [0.717, 1.165) is 16.9 Å². The van der Waals surface area contributed by atoms with Gasteiger partial charge in [-0.1, -0.05) is 29.5 Å². The van der Waals surface area contributed by atoms with Gasteiger partial charge in [0.25, 0.3) is 0 Å². The molecular weight excluding hydrogens is 342 g/mol. The van der Waals surface area contributed by atoms with Gasteiger partial charge in [0.1, 0.15) is 0 Å². The summed E-state index contributed by atoms with van der Waals surface area (Å²) in [5.41, 5.74) is 2.94. The number of thioether (sulfide) groups is 2. The van der Waals surface area contributed by atoms with E-state index in [1.54, 1.807) is 6.92 Å². The van der Waals surface area contributed by atoms with E-state index in [4.69, 9.17) is 0 Å². The molecule has 1 aromatic rings. The van der Waals surface area contributed by atoms with Crippen molar-refractivity contribution in [2.75, 3.05) is 12.1 Å². The molecule has 1 aromatic carbocycles. The van der Waals surface area contributed by atoms with Crippen molar-refractivity contribution in [2.45, 2.75) is 32.0 Å². The minimum absolute atomic E-state index is 0.0296. The Morgan fingerprint density at radius 2 is 1.67 bits per heavy atom. The lowest BCUT2D eigenvalue weighted by Crippen LogP contribution is -2.47. The Morgan fingerprint density at radius 3 is 2.17 bits per heavy atom. The van der Waals surface area contributed by atoms with Gasteiger partial charge in [-0.2, -0.15) is 5.10 Å². The number of aryl methyl sites for hydroxylation is 1. The third-order valence-electron chi connectivity index (χ3n) is 4.08. The highest BCUT2D eigenvalue weighted by molar-refractivity contribution is 8.28. The van der Waals surface area contributed by atoms with Crippen LogP contribution < -0.4 is 5.01 Å². The SMILES string of the molecule is CC(=O)C1=NN(c2ccc(C)cc2)C2(S1)SC(C(C)=O)=C(C)N2C. The summed E-state index contributed by atoms with van der Waals surface area (Å²) >= 11 is 2.84. The number of carbonyl (C=O) groups is 2. The molecule has 0 aliphatic carbocycles. The molecule has 5 nitrogen and oxygen atoms in total. The smallest absolute Gasteiger partial charge is 0.241 e. The number of anilines is 1. The molecule has 126 valence electrons. The average Bonchev–Trinajstić information content (AvgIpc) is 3.03. The fourth-order valence-corrected chi connectivity index (χ4v) is 5.51. The first kappa shape index (κ1) is 17.1. The second-order valence-electron chi connectivity index (χ2n) is 5.89. The highest BCUT2D eigenvalue weighted by atomic mass is 32.2. The maximum Gasteiger partial charge on any atom is 0.241 e. The van der Waals surface area contributed by atoms with Crippen LogP contribution >= 0.6 is 23.5 Å². The van der Waals surface area contributed by atoms with E-state index in [9.17, 15) is 9.59 Å². The second kappa shape index (κ2) is 5.97. The van der Waals surface area contributed by atoms with Crippen molar-refractivity contribution in [3.8, 4) is 0 Å². The molecule has 2 aliphatic heterocycles. The minimum atomic E-state index is -0.679. The summed E-state index contributed by atoms with van der Waals surface area (Å²) in [5, 5.41) is 6.86. The molecule has 0 saturated carbocycles. The van der Waals surface area contributed by atoms with Crippen molar-refractivity contribution in [3.05, 3.63) is 40.4 Å². The predicted octanol–water partition coefficient (Wildman–Crippen LogP) is 3.56. The maximum absolute atomic E-state index is 12.0. The molecule has 0 fully saturated rings. The lowest BCUT2D eigenvalue weighted by Gasteiger charge is -2.39. The number of hydrogen-bond donors (Lipinski definition) is 0. The van der Waals surface area contributed by atoms with Crippen molar-refractivity contribution in [1.29, 1.82) is 0 Å². The lowest BCUT2D eigenvalue weighted by atomic mass is 10.2. The highest BCUT2D eigenvalue weighted by Crippen LogP contribution is 2.58. The van der Waals surface area contributed by atoms with Gasteiger partial charge >= 0.3 is 0 Å². The van der Waals surface area contributed by atoms with Gasteiger partial charge in [0, 0.05) is 19.7 Å². The Hall–Kier alpha value is -1.73. The van der Waals surface area contributed by atoms with Gasteiger partial charge in [0.05, 0.1) is 10.6 Å². The van der Waals surface area contributed by atoms with Gasteiger partial charge in [0.2, 0.25) is 4.33 Å². The number of carbonyl (C=O) groups excluding carboxylic acids is 2. The minimum Gasteiger partial charge on any atom is -0.335 e. The average molecular weight is 361 g/mol. The quantitative estimate of drug-likeness (QED) is 0.820. The number of ketones is 2. The van der Waals surface area contributed by atoms with E-state index in [2.05, 4.69) is 5.10 Å². The molecule has 0 aromatic heterocycles. The Balaban J connectivity index is 2.08. The molecule has 3 rings (SSSR count). The van der Waals surface area contributed by atoms with E-state index in [1.807, 2.05) is 55.1 Å². The van der Waals surface area contributed by atoms with Crippen LogP contribution in [0.4, 0.5) is 5.69 Å². The number of benzene rings is 1. The van der Waals surface area contributed by atoms with Crippen LogP contribution in [0.1, 0.15) is 26.3 Å². The number of rotatable bonds is 3. The number of nitrogens with zero attached hydrogens (tertiary/aromatic N) is 3. The van der Waals surface area contributed by atoms with Gasteiger partial charge in [-0.15, -0.1) is 0 Å². The summed E-state index contributed by atoms with van der Waals surface area (Å²) in [5.74, 6) is -0.0427. The molecule has 0 radical (unpaired) electrons. The van der Waals surface area contributed by atoms with Crippen molar-refractivity contribution >= 4 is 45.8 Å². The normalized spacial score (nSPS) is 23.3. The Labute approximate surface area is 150 Å². The summed E-state index contributed by atoms with van der Waals surface area (Å²) in [4.78, 5) is 26.7. The zero-order chi connectivity index (χ0) is 17.6. The molecule has 1 spiro atoms. The fraction of sp³-hybridized carbons (Fsp3) is 0.353. The number of hydrazone groups is 1. The molecule has 1 atom stereocenters. The molecule has 0 bridgehead atoms. The molecule has 0 N–H and O–H groups in total. The molecule has 2 aliphatic rings. The Morgan fingerprint density at radius 1 is 1.04 bits per heavy atom. The monoisotopic (exact) mass is 361 g/mol. The largest absolute Gasteiger partial charge is 0.335 e. The Kier molecular flexibility index (Phi) is 4.25. The second-order valence-corrected chi connectivity index (χ2v) is 8.49. The summed E-state index contributed by atoms with van der Waals surface area (Å²) in [6, 6.07) is 8.00. The summed E-state index contributed by atoms with van der Waals surface area (Å²) < 4.78 is -0.679. The zero-order valence-corrected chi connectivity index (χ0v) is 15.9. The fourth-order valence-electron chi connectivity index (χ4n) is 2.63. The van der Waals surface area contributed by atoms with Gasteiger partial charge in [-0.05, 0) is 44.7 Å². The summed E-state index contributed by atoms with van der Waals surface area (Å²) in [6.07, 6.45) is 0. The number of hydrogen-bond acceptors (Lipinski definition) is 7. The van der Waals surface area contributed by atoms with Crippen molar-refractivity contribution in [2.24, 2.45) is 5.10 Å². The molecule has 0 saturated heterocycles. The van der Waals surface area contributed by atoms with Crippen molar-refractivity contribution in [1.82, 2.24) is 4.90 Å². The lowest BCUT2D eigenvalue weighted by molar-refractivity contribution is -0.113. The topological polar surface area (TPSA) is 53.0 Å². The van der Waals surface area contributed by atoms with Crippen LogP contribution in [0.3, 0.4) is 0 Å². The van der Waals surface area contributed by atoms with Crippen LogP contribution in [0, 0.1) is 6.92 Å². The predicted molar refractivity (Wildman–Crippen MR) is 101 cm³/mol. The third kappa shape index (κ3) is 2.56. The molecule has 1 unspecified atom stereocenters. The Bertz CT molecular complexity index is 786. The van der Waals surface area contributed by atoms with E-state index < -0.39 is 4.33 Å². The number of Topliss-reactive ketones (excluding diaryl/α,β-unsaturated/α-hetero) is 2. The van der Waals surface area contributed by atoms with E-state index >= 15 is 0 Å². The summed E-state index contributed by atoms with van der Waals surface area (Å²) in [7, 11) is 1.94. The van der Waals surface area contributed by atoms with Gasteiger partial charge < -0.3 is 4.90 Å². The maximum atomic E-state index is 12.0. The first-order valence-corrected chi connectivity index (χ1v) is 9.19. The molecule has 0 amide bonds. The van der Waals surface area contributed by atoms with Gasteiger partial charge in [0.15, 0.2) is 16.6 Å². The zero-order valence-electron chi connectivity index (χ0n) is 14.3. The van der Waals surface area contributed by atoms with Crippen molar-refractivity contribution < 1.29 is 9.59 Å². The van der Waals surface area contributed by atoms with Crippen LogP contribution in [-0.2, 0) is 9.59 Å². The van der Waals surface area contributed by atoms with E-state index in [0.29, 0.717) is 9.95 Å². The van der Waals surface area contributed by atoms with E-state index in [-0.39, 0.29) is 11.6 Å². The third-order valence-corrected chi connectivity index (χ3v) is 7.35. The first-order valence-electron chi connectivity index (χ1n) is 7.56. The first-order chi connectivity index (χ1) is 11.3. The van der Waals surface area contributed by atoms with E-state index in [1.165, 1.54) is 30.4 Å². The van der Waals surface area contributed by atoms with Crippen molar-refractivity contribution in [3.63, 3.8) is 0 Å². The van der Waals surface area contributed by atoms with Crippen LogP contribution in [0.5, 0.6) is 0 Å². The van der Waals surface area contributed by atoms with Crippen LogP contribution in [0.15, 0.2) is 40.0 Å². The number of allylic oxidation sites excluding steroid dienone is 2. The van der Waals surface area contributed by atoms with Gasteiger partial charge in [-0.25, -0.2) is 5.01 Å². The summed E-state index contributed by atoms with van der Waals surface area (Å²) in [6.45, 7) is 7.04. The standard InChI is InChI=1S/C17H19N3O2S2/c1-10-6-8-14(9-7-10)20-17(24-16(18-20)13(4)22)19(5)11(2)15(23-17)12(3)21/h6-9H,1-5H3. The molecule has 7 heteroatoms. The van der Waals surface area contributed by atoms with Crippen LogP contribution in [0.25, 0.3) is 0 Å². The highest BCUT2D eigenvalue weighted by Gasteiger charge is 2.55. The molecule has 2 heterocycles. The van der Waals surface area contributed by atoms with Crippen LogP contribution in [-0.4, -0.2) is 32.9 Å². The van der Waals surface area contributed by atoms with Crippen LogP contribution in [0.2, 0.25) is 0 Å².